The highest BCUT2D eigenvalue weighted by Crippen LogP contribution is 2.37. The average Bonchev–Trinajstić information content (AvgIpc) is 1.79. The molecule has 4 nitrogen and oxygen atoms in total. The predicted octanol–water partition coefficient (Wildman–Crippen LogP) is 0.122. The molecule has 0 aromatic heterocycles. The van der Waals surface area contributed by atoms with E-state index in [4.69, 9.17) is 0 Å². The minimum atomic E-state index is -5.65. The van der Waals surface area contributed by atoms with E-state index in [0.29, 0.717) is 0 Å². The van der Waals surface area contributed by atoms with E-state index in [1.54, 1.807) is 0 Å². The Bertz CT molecular complexity index is 219. The van der Waals surface area contributed by atoms with Crippen molar-refractivity contribution in [1.82, 2.24) is 0 Å². The molecule has 0 heterocycles. The Morgan fingerprint density at radius 2 is 1.69 bits per heavy atom. The van der Waals surface area contributed by atoms with Gasteiger partial charge in [-0.2, -0.15) is 8.78 Å². The van der Waals surface area contributed by atoms with Gasteiger partial charge in [-0.25, -0.2) is 8.78 Å². The highest BCUT2D eigenvalue weighted by molar-refractivity contribution is 7.43. The van der Waals surface area contributed by atoms with Crippen molar-refractivity contribution in [1.29, 1.82) is 0 Å². The van der Waals surface area contributed by atoms with Crippen molar-refractivity contribution < 1.29 is 36.4 Å². The maximum atomic E-state index is 12.2. The Balaban J connectivity index is 4.29. The van der Waals surface area contributed by atoms with E-state index in [9.17, 15) is 31.9 Å². The van der Waals surface area contributed by atoms with Crippen molar-refractivity contribution in [3.63, 3.8) is 0 Å². The van der Waals surface area contributed by atoms with Crippen LogP contribution < -0.4 is 9.79 Å². The van der Waals surface area contributed by atoms with Gasteiger partial charge in [-0.05, 0) is 0 Å². The summed E-state index contributed by atoms with van der Waals surface area (Å²) in [6.45, 7) is -2.27. The summed E-state index contributed by atoms with van der Waals surface area (Å²) in [6.07, 6.45) is 0. The summed E-state index contributed by atoms with van der Waals surface area (Å²) in [6, 6.07) is 0. The van der Waals surface area contributed by atoms with Gasteiger partial charge in [-0.1, -0.05) is 0 Å². The number of alkyl halides is 4. The van der Waals surface area contributed by atoms with E-state index in [1.165, 1.54) is 0 Å². The van der Waals surface area contributed by atoms with Crippen molar-refractivity contribution in [2.45, 2.75) is 18.8 Å². The summed E-state index contributed by atoms with van der Waals surface area (Å²) in [5.74, 6) is -9.13. The van der Waals surface area contributed by atoms with E-state index < -0.39 is 26.3 Å². The number of halogens is 4. The van der Waals surface area contributed by atoms with Crippen LogP contribution in [0.25, 0.3) is 0 Å². The van der Waals surface area contributed by atoms with Crippen LogP contribution in [0.4, 0.5) is 17.6 Å². The molecule has 0 aliphatic heterocycles. The average molecular weight is 224 g/mol. The quantitative estimate of drug-likeness (QED) is 0.502. The molecule has 0 unspecified atom stereocenters. The number of phosphoric acid groups is 1. The van der Waals surface area contributed by atoms with E-state index in [1.807, 2.05) is 0 Å². The van der Waals surface area contributed by atoms with Crippen LogP contribution in [0.1, 0.15) is 6.92 Å². The van der Waals surface area contributed by atoms with Crippen molar-refractivity contribution in [2.24, 2.45) is 0 Å². The second-order valence-electron chi connectivity index (χ2n) is 2.31. The lowest BCUT2D eigenvalue weighted by atomic mass is 10.2. The van der Waals surface area contributed by atoms with Gasteiger partial charge in [0.05, 0.1) is 7.82 Å². The third-order valence-corrected chi connectivity index (χ3v) is 1.49. The maximum Gasteiger partial charge on any atom is 0.332 e. The lowest BCUT2D eigenvalue weighted by Crippen LogP contribution is -2.42. The summed E-state index contributed by atoms with van der Waals surface area (Å²) in [7, 11) is -5.65. The summed E-state index contributed by atoms with van der Waals surface area (Å²) in [5.41, 5.74) is 0. The fourth-order valence-electron chi connectivity index (χ4n) is 0.287. The normalized spacial score (nSPS) is 14.7. The second-order valence-corrected chi connectivity index (χ2v) is 3.47. The van der Waals surface area contributed by atoms with Crippen molar-refractivity contribution >= 4 is 7.82 Å². The Kier molecular flexibility index (Phi) is 3.48. The van der Waals surface area contributed by atoms with Gasteiger partial charge in [0, 0.05) is 6.92 Å². The molecule has 0 aromatic carbocycles. The zero-order chi connectivity index (χ0) is 10.9. The highest BCUT2D eigenvalue weighted by atomic mass is 31.2. The van der Waals surface area contributed by atoms with E-state index in [0.717, 1.165) is 0 Å². The van der Waals surface area contributed by atoms with Gasteiger partial charge in [-0.15, -0.1) is 0 Å². The van der Waals surface area contributed by atoms with Crippen molar-refractivity contribution in [2.75, 3.05) is 6.61 Å². The first-order valence-corrected chi connectivity index (χ1v) is 4.34. The minimum Gasteiger partial charge on any atom is -0.790 e. The summed E-state index contributed by atoms with van der Waals surface area (Å²) in [4.78, 5) is 19.4. The molecule has 0 spiro atoms. The highest BCUT2D eigenvalue weighted by Gasteiger charge is 2.52. The SMILES string of the molecule is CC(F)(F)C(F)(F)COP(=O)([O-])[O-]. The van der Waals surface area contributed by atoms with Gasteiger partial charge in [-0.3, -0.25) is 0 Å². The molecule has 0 saturated heterocycles. The van der Waals surface area contributed by atoms with Crippen LogP contribution in [0.5, 0.6) is 0 Å². The zero-order valence-corrected chi connectivity index (χ0v) is 7.19. The van der Waals surface area contributed by atoms with Crippen LogP contribution in [0, 0.1) is 0 Å². The molecule has 0 saturated carbocycles. The number of hydrogen-bond donors (Lipinski definition) is 0. The van der Waals surface area contributed by atoms with Crippen LogP contribution in [0.3, 0.4) is 0 Å². The number of rotatable bonds is 4. The topological polar surface area (TPSA) is 72.4 Å². The first-order chi connectivity index (χ1) is 5.46. The number of phosphoric ester groups is 1. The molecule has 0 N–H and O–H groups in total. The summed E-state index contributed by atoms with van der Waals surface area (Å²) >= 11 is 0. The standard InChI is InChI=1S/C4H7F4O4P/c1-3(5,6)4(7,8)2-12-13(9,10)11/h2H2,1H3,(H2,9,10,11)/p-2. The molecule has 13 heavy (non-hydrogen) atoms. The molecule has 0 bridgehead atoms. The Morgan fingerprint density at radius 1 is 1.31 bits per heavy atom. The van der Waals surface area contributed by atoms with Gasteiger partial charge in [0.15, 0.2) is 0 Å². The van der Waals surface area contributed by atoms with Gasteiger partial charge in [0.1, 0.15) is 6.61 Å². The van der Waals surface area contributed by atoms with Gasteiger partial charge in [0.2, 0.25) is 0 Å². The second kappa shape index (κ2) is 3.53. The fraction of sp³-hybridized carbons (Fsp3) is 1.00. The van der Waals surface area contributed by atoms with E-state index in [-0.39, 0.29) is 6.92 Å². The monoisotopic (exact) mass is 224 g/mol. The van der Waals surface area contributed by atoms with Crippen LogP contribution in [-0.2, 0) is 9.09 Å². The molecule has 0 fully saturated rings. The molecule has 0 rings (SSSR count). The molecule has 9 heteroatoms. The Labute approximate surface area is 70.7 Å². The molecule has 0 aliphatic rings. The third kappa shape index (κ3) is 4.56. The van der Waals surface area contributed by atoms with Gasteiger partial charge in [0.25, 0.3) is 0 Å². The van der Waals surface area contributed by atoms with Crippen LogP contribution >= 0.6 is 7.82 Å². The zero-order valence-electron chi connectivity index (χ0n) is 6.30. The molecule has 80 valence electrons. The summed E-state index contributed by atoms with van der Waals surface area (Å²) in [5, 5.41) is 0. The smallest absolute Gasteiger partial charge is 0.332 e. The molecular formula is C4H5F4O4P-2. The predicted molar refractivity (Wildman–Crippen MR) is 29.1 cm³/mol. The Hall–Kier alpha value is -0.170. The van der Waals surface area contributed by atoms with Gasteiger partial charge >= 0.3 is 11.8 Å². The fourth-order valence-corrected chi connectivity index (χ4v) is 0.607. The van der Waals surface area contributed by atoms with Crippen molar-refractivity contribution in [3.05, 3.63) is 0 Å². The molecule has 0 amide bonds. The first-order valence-electron chi connectivity index (χ1n) is 2.88. The molecule has 0 radical (unpaired) electrons. The molecular weight excluding hydrogens is 219 g/mol. The molecule has 0 aromatic rings. The van der Waals surface area contributed by atoms with Crippen LogP contribution in [-0.4, -0.2) is 18.5 Å². The maximum absolute atomic E-state index is 12.2. The number of hydrogen-bond acceptors (Lipinski definition) is 4. The van der Waals surface area contributed by atoms with Gasteiger partial charge < -0.3 is 18.9 Å². The lowest BCUT2D eigenvalue weighted by molar-refractivity contribution is -0.347. The van der Waals surface area contributed by atoms with E-state index in [2.05, 4.69) is 4.52 Å². The largest absolute Gasteiger partial charge is 0.790 e. The van der Waals surface area contributed by atoms with Crippen LogP contribution in [0.2, 0.25) is 0 Å². The molecule has 0 atom stereocenters. The Morgan fingerprint density at radius 3 is 1.92 bits per heavy atom. The molecule has 0 aliphatic carbocycles. The summed E-state index contributed by atoms with van der Waals surface area (Å²) < 4.78 is 61.0. The first kappa shape index (κ1) is 12.8. The lowest BCUT2D eigenvalue weighted by Gasteiger charge is -2.32. The van der Waals surface area contributed by atoms with E-state index >= 15 is 0 Å². The van der Waals surface area contributed by atoms with Crippen molar-refractivity contribution in [3.8, 4) is 0 Å². The minimum absolute atomic E-state index is 0.114. The van der Waals surface area contributed by atoms with Crippen LogP contribution in [0.15, 0.2) is 0 Å². The third-order valence-electron chi connectivity index (χ3n) is 1.05.